The number of anilines is 1. The van der Waals surface area contributed by atoms with Gasteiger partial charge < -0.3 is 5.32 Å². The molecular formula is C19H22N2O. The zero-order valence-electron chi connectivity index (χ0n) is 13.4. The number of aryl methyl sites for hydroxylation is 3. The molecule has 2 aromatic rings. The first-order chi connectivity index (χ1) is 10.5. The summed E-state index contributed by atoms with van der Waals surface area (Å²) < 4.78 is 0. The van der Waals surface area contributed by atoms with Crippen molar-refractivity contribution < 1.29 is 4.79 Å². The van der Waals surface area contributed by atoms with Gasteiger partial charge in [-0.15, -0.1) is 0 Å². The van der Waals surface area contributed by atoms with E-state index in [0.29, 0.717) is 6.54 Å². The van der Waals surface area contributed by atoms with Crippen LogP contribution in [0.15, 0.2) is 36.4 Å². The Hall–Kier alpha value is -2.13. The van der Waals surface area contributed by atoms with Crippen molar-refractivity contribution in [2.24, 2.45) is 0 Å². The SMILES string of the molecule is Cc1cccc(NC(=O)CN2Cc3cc(C)c(C)cc3C2)c1. The van der Waals surface area contributed by atoms with Crippen molar-refractivity contribution >= 4 is 11.6 Å². The van der Waals surface area contributed by atoms with Gasteiger partial charge in [0.15, 0.2) is 0 Å². The maximum Gasteiger partial charge on any atom is 0.238 e. The molecule has 0 fully saturated rings. The molecule has 0 unspecified atom stereocenters. The van der Waals surface area contributed by atoms with Gasteiger partial charge in [-0.05, 0) is 60.7 Å². The lowest BCUT2D eigenvalue weighted by atomic mass is 10.0. The molecule has 0 bridgehead atoms. The van der Waals surface area contributed by atoms with E-state index in [2.05, 4.69) is 36.2 Å². The van der Waals surface area contributed by atoms with E-state index in [1.54, 1.807) is 0 Å². The van der Waals surface area contributed by atoms with Crippen LogP contribution in [0.5, 0.6) is 0 Å². The molecule has 2 aromatic carbocycles. The molecule has 1 aliphatic heterocycles. The molecule has 0 aromatic heterocycles. The number of fused-ring (bicyclic) bond motifs is 1. The number of carbonyl (C=O) groups is 1. The summed E-state index contributed by atoms with van der Waals surface area (Å²) in [6, 6.07) is 12.4. The van der Waals surface area contributed by atoms with Crippen molar-refractivity contribution in [3.05, 3.63) is 64.2 Å². The van der Waals surface area contributed by atoms with E-state index in [1.807, 2.05) is 31.2 Å². The summed E-state index contributed by atoms with van der Waals surface area (Å²) in [5, 5.41) is 2.98. The highest BCUT2D eigenvalue weighted by atomic mass is 16.2. The standard InChI is InChI=1S/C19H22N2O/c1-13-5-4-6-18(7-13)20-19(22)12-21-10-16-8-14(2)15(3)9-17(16)11-21/h4-9H,10-12H2,1-3H3,(H,20,22). The molecule has 0 atom stereocenters. The maximum absolute atomic E-state index is 12.2. The van der Waals surface area contributed by atoms with E-state index in [4.69, 9.17) is 0 Å². The predicted molar refractivity (Wildman–Crippen MR) is 89.8 cm³/mol. The summed E-state index contributed by atoms with van der Waals surface area (Å²) in [4.78, 5) is 14.4. The number of hydrogen-bond donors (Lipinski definition) is 1. The van der Waals surface area contributed by atoms with Crippen LogP contribution in [0, 0.1) is 20.8 Å². The summed E-state index contributed by atoms with van der Waals surface area (Å²) in [5.74, 6) is 0.0480. The average molecular weight is 294 g/mol. The van der Waals surface area contributed by atoms with E-state index >= 15 is 0 Å². The first kappa shape index (κ1) is 14.8. The molecule has 3 heteroatoms. The van der Waals surface area contributed by atoms with Gasteiger partial charge in [-0.2, -0.15) is 0 Å². The normalized spacial score (nSPS) is 14.0. The zero-order chi connectivity index (χ0) is 15.7. The highest BCUT2D eigenvalue weighted by molar-refractivity contribution is 5.92. The van der Waals surface area contributed by atoms with Gasteiger partial charge in [0.2, 0.25) is 5.91 Å². The summed E-state index contributed by atoms with van der Waals surface area (Å²) in [6.07, 6.45) is 0. The van der Waals surface area contributed by atoms with Crippen molar-refractivity contribution in [2.45, 2.75) is 33.9 Å². The average Bonchev–Trinajstić information content (AvgIpc) is 2.80. The first-order valence-corrected chi connectivity index (χ1v) is 7.69. The van der Waals surface area contributed by atoms with Gasteiger partial charge in [-0.3, -0.25) is 9.69 Å². The fourth-order valence-corrected chi connectivity index (χ4v) is 3.01. The second kappa shape index (κ2) is 5.93. The number of carbonyl (C=O) groups excluding carboxylic acids is 1. The minimum absolute atomic E-state index is 0.0480. The number of benzene rings is 2. The smallest absolute Gasteiger partial charge is 0.238 e. The number of hydrogen-bond acceptors (Lipinski definition) is 2. The van der Waals surface area contributed by atoms with Crippen molar-refractivity contribution in [2.75, 3.05) is 11.9 Å². The molecule has 3 nitrogen and oxygen atoms in total. The van der Waals surface area contributed by atoms with Crippen LogP contribution in [0.1, 0.15) is 27.8 Å². The fraction of sp³-hybridized carbons (Fsp3) is 0.316. The third-order valence-electron chi connectivity index (χ3n) is 4.27. The largest absolute Gasteiger partial charge is 0.325 e. The summed E-state index contributed by atoms with van der Waals surface area (Å²) in [6.45, 7) is 8.46. The van der Waals surface area contributed by atoms with Crippen molar-refractivity contribution in [1.82, 2.24) is 4.90 Å². The van der Waals surface area contributed by atoms with Crippen LogP contribution in [0.2, 0.25) is 0 Å². The first-order valence-electron chi connectivity index (χ1n) is 7.69. The third-order valence-corrected chi connectivity index (χ3v) is 4.27. The highest BCUT2D eigenvalue weighted by Crippen LogP contribution is 2.25. The van der Waals surface area contributed by atoms with Gasteiger partial charge in [0.1, 0.15) is 0 Å². The van der Waals surface area contributed by atoms with E-state index in [-0.39, 0.29) is 5.91 Å². The molecule has 0 saturated heterocycles. The molecule has 0 spiro atoms. The Balaban J connectivity index is 1.62. The quantitative estimate of drug-likeness (QED) is 0.938. The maximum atomic E-state index is 12.2. The van der Waals surface area contributed by atoms with Crippen LogP contribution < -0.4 is 5.32 Å². The molecule has 1 N–H and O–H groups in total. The van der Waals surface area contributed by atoms with Crippen LogP contribution in [0.3, 0.4) is 0 Å². The molecule has 0 radical (unpaired) electrons. The molecular weight excluding hydrogens is 272 g/mol. The van der Waals surface area contributed by atoms with Crippen molar-refractivity contribution in [1.29, 1.82) is 0 Å². The number of nitrogens with one attached hydrogen (secondary N) is 1. The van der Waals surface area contributed by atoms with Crippen LogP contribution in [-0.2, 0) is 17.9 Å². The Morgan fingerprint density at radius 3 is 2.27 bits per heavy atom. The fourth-order valence-electron chi connectivity index (χ4n) is 3.01. The van der Waals surface area contributed by atoms with Crippen LogP contribution in [-0.4, -0.2) is 17.4 Å². The van der Waals surface area contributed by atoms with Crippen LogP contribution >= 0.6 is 0 Å². The number of amides is 1. The Labute approximate surface area is 132 Å². The zero-order valence-corrected chi connectivity index (χ0v) is 13.4. The summed E-state index contributed by atoms with van der Waals surface area (Å²) in [7, 11) is 0. The van der Waals surface area contributed by atoms with E-state index in [0.717, 1.165) is 24.3 Å². The number of rotatable bonds is 3. The van der Waals surface area contributed by atoms with E-state index in [1.165, 1.54) is 22.3 Å². The minimum Gasteiger partial charge on any atom is -0.325 e. The second-order valence-corrected chi connectivity index (χ2v) is 6.27. The van der Waals surface area contributed by atoms with Gasteiger partial charge in [-0.25, -0.2) is 0 Å². The van der Waals surface area contributed by atoms with Gasteiger partial charge in [0.05, 0.1) is 6.54 Å². The van der Waals surface area contributed by atoms with Crippen molar-refractivity contribution in [3.8, 4) is 0 Å². The Bertz CT molecular complexity index is 690. The Kier molecular flexibility index (Phi) is 3.99. The molecule has 114 valence electrons. The lowest BCUT2D eigenvalue weighted by Gasteiger charge is -2.14. The molecule has 1 amide bonds. The van der Waals surface area contributed by atoms with Gasteiger partial charge in [0, 0.05) is 18.8 Å². The molecule has 1 heterocycles. The van der Waals surface area contributed by atoms with Gasteiger partial charge in [0.25, 0.3) is 0 Å². The van der Waals surface area contributed by atoms with Gasteiger partial charge >= 0.3 is 0 Å². The molecule has 3 rings (SSSR count). The minimum atomic E-state index is 0.0480. The van der Waals surface area contributed by atoms with E-state index < -0.39 is 0 Å². The van der Waals surface area contributed by atoms with Crippen LogP contribution in [0.4, 0.5) is 5.69 Å². The lowest BCUT2D eigenvalue weighted by molar-refractivity contribution is -0.117. The van der Waals surface area contributed by atoms with E-state index in [9.17, 15) is 4.79 Å². The van der Waals surface area contributed by atoms with Gasteiger partial charge in [-0.1, -0.05) is 24.3 Å². The van der Waals surface area contributed by atoms with Crippen molar-refractivity contribution in [3.63, 3.8) is 0 Å². The monoisotopic (exact) mass is 294 g/mol. The topological polar surface area (TPSA) is 32.3 Å². The number of nitrogens with zero attached hydrogens (tertiary/aromatic N) is 1. The Morgan fingerprint density at radius 2 is 1.68 bits per heavy atom. The molecule has 22 heavy (non-hydrogen) atoms. The third kappa shape index (κ3) is 3.20. The molecule has 0 aliphatic carbocycles. The summed E-state index contributed by atoms with van der Waals surface area (Å²) in [5.41, 5.74) is 7.37. The Morgan fingerprint density at radius 1 is 1.05 bits per heavy atom. The highest BCUT2D eigenvalue weighted by Gasteiger charge is 2.21. The molecule has 1 aliphatic rings. The predicted octanol–water partition coefficient (Wildman–Crippen LogP) is 3.57. The molecule has 0 saturated carbocycles. The van der Waals surface area contributed by atoms with Crippen LogP contribution in [0.25, 0.3) is 0 Å². The second-order valence-electron chi connectivity index (χ2n) is 6.27. The lowest BCUT2D eigenvalue weighted by Crippen LogP contribution is -2.29. The summed E-state index contributed by atoms with van der Waals surface area (Å²) >= 11 is 0.